The molecule has 4 atom stereocenters. The number of aromatic nitrogens is 2. The minimum absolute atomic E-state index is 0.117. The third kappa shape index (κ3) is 2.88. The lowest BCUT2D eigenvalue weighted by Crippen LogP contribution is -2.40. The van der Waals surface area contributed by atoms with E-state index in [1.807, 2.05) is 30.3 Å². The normalized spacial score (nSPS) is 29.0. The van der Waals surface area contributed by atoms with Crippen molar-refractivity contribution in [1.82, 2.24) is 10.2 Å². The standard InChI is InChI=1S/C27H28N2O2/c1-27-15-14-21-20-11-9-19(30-2)16-18(20)8-10-22(21)23(27)12-13-24(27)26-29-28-25(31-26)17-6-4-3-5-7-17/h3-7,9,11,13,16,21-23H,8,10,12,14-15H2,1-2H3/t21-,22-,23+,27+/m1/s1. The van der Waals surface area contributed by atoms with E-state index >= 15 is 0 Å². The molecule has 3 aromatic rings. The lowest BCUT2D eigenvalue weighted by atomic mass is 9.54. The monoisotopic (exact) mass is 412 g/mol. The van der Waals surface area contributed by atoms with Crippen LogP contribution in [0.5, 0.6) is 5.75 Å². The predicted molar refractivity (Wildman–Crippen MR) is 121 cm³/mol. The van der Waals surface area contributed by atoms with E-state index < -0.39 is 0 Å². The molecule has 0 unspecified atom stereocenters. The summed E-state index contributed by atoms with van der Waals surface area (Å²) in [4.78, 5) is 0. The summed E-state index contributed by atoms with van der Waals surface area (Å²) < 4.78 is 11.6. The summed E-state index contributed by atoms with van der Waals surface area (Å²) in [5.41, 5.74) is 5.40. The summed E-state index contributed by atoms with van der Waals surface area (Å²) >= 11 is 0. The molecule has 0 saturated heterocycles. The molecular formula is C27H28N2O2. The molecule has 0 bridgehead atoms. The number of nitrogens with zero attached hydrogens (tertiary/aromatic N) is 2. The van der Waals surface area contributed by atoms with Gasteiger partial charge >= 0.3 is 0 Å². The number of hydrogen-bond acceptors (Lipinski definition) is 4. The van der Waals surface area contributed by atoms with Crippen LogP contribution in [-0.4, -0.2) is 17.3 Å². The second kappa shape index (κ2) is 7.08. The van der Waals surface area contributed by atoms with Gasteiger partial charge in [-0.25, -0.2) is 0 Å². The third-order valence-electron chi connectivity index (χ3n) is 8.19. The molecule has 0 amide bonds. The Labute approximate surface area is 183 Å². The second-order valence-electron chi connectivity index (χ2n) is 9.57. The molecule has 1 saturated carbocycles. The van der Waals surface area contributed by atoms with Gasteiger partial charge in [0.05, 0.1) is 7.11 Å². The Morgan fingerprint density at radius 2 is 1.87 bits per heavy atom. The minimum atomic E-state index is 0.117. The Balaban J connectivity index is 1.29. The SMILES string of the molecule is COc1ccc2c(c1)CC[C@@H]1[C@@H]2CC[C@]2(C)C(c3nnc(-c4ccccc4)o3)=CC[C@@H]12. The zero-order chi connectivity index (χ0) is 21.0. The summed E-state index contributed by atoms with van der Waals surface area (Å²) in [6, 6.07) is 16.8. The highest BCUT2D eigenvalue weighted by Gasteiger charge is 2.53. The third-order valence-corrected chi connectivity index (χ3v) is 8.19. The number of benzene rings is 2. The van der Waals surface area contributed by atoms with E-state index in [1.165, 1.54) is 30.4 Å². The van der Waals surface area contributed by atoms with Gasteiger partial charge in [0.1, 0.15) is 5.75 Å². The summed E-state index contributed by atoms with van der Waals surface area (Å²) in [7, 11) is 1.76. The Kier molecular flexibility index (Phi) is 4.31. The van der Waals surface area contributed by atoms with Gasteiger partial charge in [-0.05, 0) is 85.3 Å². The highest BCUT2D eigenvalue weighted by molar-refractivity contribution is 5.68. The fraction of sp³-hybridized carbons (Fsp3) is 0.407. The van der Waals surface area contributed by atoms with Gasteiger partial charge in [-0.1, -0.05) is 37.3 Å². The molecule has 1 heterocycles. The number of rotatable bonds is 3. The Morgan fingerprint density at radius 1 is 1.03 bits per heavy atom. The predicted octanol–water partition coefficient (Wildman–Crippen LogP) is 6.29. The van der Waals surface area contributed by atoms with E-state index in [0.717, 1.165) is 24.2 Å². The zero-order valence-corrected chi connectivity index (χ0v) is 18.2. The summed E-state index contributed by atoms with van der Waals surface area (Å²) in [6.45, 7) is 2.43. The second-order valence-corrected chi connectivity index (χ2v) is 9.57. The fourth-order valence-electron chi connectivity index (χ4n) is 6.61. The first-order valence-electron chi connectivity index (χ1n) is 11.4. The van der Waals surface area contributed by atoms with Crippen molar-refractivity contribution in [1.29, 1.82) is 0 Å². The molecule has 158 valence electrons. The van der Waals surface area contributed by atoms with Crippen molar-refractivity contribution in [3.05, 3.63) is 71.6 Å². The smallest absolute Gasteiger partial charge is 0.248 e. The average molecular weight is 413 g/mol. The van der Waals surface area contributed by atoms with Crippen molar-refractivity contribution in [2.45, 2.75) is 44.9 Å². The van der Waals surface area contributed by atoms with Crippen LogP contribution >= 0.6 is 0 Å². The van der Waals surface area contributed by atoms with Crippen LogP contribution < -0.4 is 4.74 Å². The van der Waals surface area contributed by atoms with Gasteiger partial charge in [-0.3, -0.25) is 0 Å². The van der Waals surface area contributed by atoms with E-state index in [4.69, 9.17) is 9.15 Å². The van der Waals surface area contributed by atoms with Gasteiger partial charge in [-0.15, -0.1) is 10.2 Å². The maximum Gasteiger partial charge on any atom is 0.248 e. The zero-order valence-electron chi connectivity index (χ0n) is 18.2. The highest BCUT2D eigenvalue weighted by Crippen LogP contribution is 2.63. The molecule has 0 N–H and O–H groups in total. The summed E-state index contributed by atoms with van der Waals surface area (Å²) in [5, 5.41) is 8.83. The van der Waals surface area contributed by atoms with Gasteiger partial charge in [0, 0.05) is 16.6 Å². The van der Waals surface area contributed by atoms with Gasteiger partial charge in [0.25, 0.3) is 0 Å². The van der Waals surface area contributed by atoms with Crippen molar-refractivity contribution in [3.8, 4) is 17.2 Å². The molecule has 0 spiro atoms. The number of ether oxygens (including phenoxy) is 1. The first kappa shape index (κ1) is 18.9. The lowest BCUT2D eigenvalue weighted by Gasteiger charge is -2.50. The van der Waals surface area contributed by atoms with Gasteiger partial charge < -0.3 is 9.15 Å². The maximum absolute atomic E-state index is 6.18. The molecule has 6 rings (SSSR count). The number of fused-ring (bicyclic) bond motifs is 5. The van der Waals surface area contributed by atoms with Crippen LogP contribution in [-0.2, 0) is 6.42 Å². The van der Waals surface area contributed by atoms with E-state index in [-0.39, 0.29) is 5.41 Å². The van der Waals surface area contributed by atoms with Crippen molar-refractivity contribution in [2.75, 3.05) is 7.11 Å². The van der Waals surface area contributed by atoms with E-state index in [9.17, 15) is 0 Å². The van der Waals surface area contributed by atoms with E-state index in [0.29, 0.717) is 29.5 Å². The summed E-state index contributed by atoms with van der Waals surface area (Å²) in [6.07, 6.45) is 8.28. The number of hydrogen-bond donors (Lipinski definition) is 0. The van der Waals surface area contributed by atoms with Crippen LogP contribution in [0.4, 0.5) is 0 Å². The molecule has 3 aliphatic rings. The molecule has 31 heavy (non-hydrogen) atoms. The highest BCUT2D eigenvalue weighted by atomic mass is 16.5. The van der Waals surface area contributed by atoms with Crippen molar-refractivity contribution >= 4 is 5.57 Å². The lowest BCUT2D eigenvalue weighted by molar-refractivity contribution is 0.0873. The van der Waals surface area contributed by atoms with Crippen molar-refractivity contribution < 1.29 is 9.15 Å². The van der Waals surface area contributed by atoms with Crippen LogP contribution in [0.15, 0.2) is 59.0 Å². The van der Waals surface area contributed by atoms with Gasteiger partial charge in [0.2, 0.25) is 11.8 Å². The van der Waals surface area contributed by atoms with Crippen LogP contribution in [0.25, 0.3) is 17.0 Å². The van der Waals surface area contributed by atoms with Crippen molar-refractivity contribution in [2.24, 2.45) is 17.3 Å². The maximum atomic E-state index is 6.18. The van der Waals surface area contributed by atoms with Crippen LogP contribution in [0, 0.1) is 17.3 Å². The topological polar surface area (TPSA) is 48.2 Å². The molecule has 4 nitrogen and oxygen atoms in total. The number of aryl methyl sites for hydroxylation is 1. The van der Waals surface area contributed by atoms with E-state index in [1.54, 1.807) is 12.7 Å². The van der Waals surface area contributed by atoms with Crippen molar-refractivity contribution in [3.63, 3.8) is 0 Å². The minimum Gasteiger partial charge on any atom is -0.497 e. The van der Waals surface area contributed by atoms with E-state index in [2.05, 4.69) is 41.4 Å². The van der Waals surface area contributed by atoms with Gasteiger partial charge in [0.15, 0.2) is 0 Å². The number of methoxy groups -OCH3 is 1. The molecule has 0 aliphatic heterocycles. The molecule has 4 heteroatoms. The average Bonchev–Trinajstić information content (AvgIpc) is 3.43. The van der Waals surface area contributed by atoms with Crippen LogP contribution in [0.1, 0.15) is 55.5 Å². The summed E-state index contributed by atoms with van der Waals surface area (Å²) in [5.74, 6) is 4.31. The molecular weight excluding hydrogens is 384 g/mol. The Morgan fingerprint density at radius 3 is 2.71 bits per heavy atom. The Bertz CT molecular complexity index is 1150. The fourth-order valence-corrected chi connectivity index (χ4v) is 6.61. The molecule has 0 radical (unpaired) electrons. The largest absolute Gasteiger partial charge is 0.497 e. The number of allylic oxidation sites excluding steroid dienone is 2. The molecule has 1 aromatic heterocycles. The molecule has 3 aliphatic carbocycles. The first-order valence-corrected chi connectivity index (χ1v) is 11.4. The Hall–Kier alpha value is -2.88. The molecule has 1 fully saturated rings. The van der Waals surface area contributed by atoms with Crippen LogP contribution in [0.2, 0.25) is 0 Å². The van der Waals surface area contributed by atoms with Crippen LogP contribution in [0.3, 0.4) is 0 Å². The molecule has 2 aromatic carbocycles. The quantitative estimate of drug-likeness (QED) is 0.507. The first-order chi connectivity index (χ1) is 15.2. The van der Waals surface area contributed by atoms with Gasteiger partial charge in [-0.2, -0.15) is 0 Å².